The van der Waals surface area contributed by atoms with Crippen LogP contribution in [0.5, 0.6) is 5.75 Å². The molecule has 1 aromatic heterocycles. The molecule has 0 bridgehead atoms. The standard InChI is InChI=1S/C13H13N3O2/c1-2-7-17-12-6-4-3-5-11(12)8-14-9-13-15-10-18-16-13/h1,3-6,10,14H,7-9H2. The van der Waals surface area contributed by atoms with Gasteiger partial charge in [0.25, 0.3) is 0 Å². The van der Waals surface area contributed by atoms with E-state index in [-0.39, 0.29) is 6.61 Å². The Bertz CT molecular complexity index is 517. The van der Waals surface area contributed by atoms with Crippen LogP contribution in [0.15, 0.2) is 35.2 Å². The molecule has 1 aromatic carbocycles. The van der Waals surface area contributed by atoms with Crippen molar-refractivity contribution in [2.24, 2.45) is 0 Å². The molecule has 1 N–H and O–H groups in total. The molecule has 0 saturated heterocycles. The first-order valence-electron chi connectivity index (χ1n) is 5.50. The number of rotatable bonds is 6. The zero-order chi connectivity index (χ0) is 12.6. The van der Waals surface area contributed by atoms with Crippen LogP contribution in [-0.2, 0) is 13.1 Å². The number of benzene rings is 1. The van der Waals surface area contributed by atoms with E-state index in [0.29, 0.717) is 18.9 Å². The minimum absolute atomic E-state index is 0.266. The van der Waals surface area contributed by atoms with Gasteiger partial charge in [-0.25, -0.2) is 0 Å². The lowest BCUT2D eigenvalue weighted by Gasteiger charge is -2.09. The van der Waals surface area contributed by atoms with Crippen molar-refractivity contribution in [3.05, 3.63) is 42.0 Å². The molecule has 5 nitrogen and oxygen atoms in total. The summed E-state index contributed by atoms with van der Waals surface area (Å²) >= 11 is 0. The zero-order valence-corrected chi connectivity index (χ0v) is 9.80. The lowest BCUT2D eigenvalue weighted by molar-refractivity contribution is 0.364. The monoisotopic (exact) mass is 243 g/mol. The molecule has 0 aliphatic heterocycles. The lowest BCUT2D eigenvalue weighted by atomic mass is 10.2. The highest BCUT2D eigenvalue weighted by molar-refractivity contribution is 5.33. The van der Waals surface area contributed by atoms with Crippen molar-refractivity contribution in [1.82, 2.24) is 15.5 Å². The second kappa shape index (κ2) is 6.42. The van der Waals surface area contributed by atoms with Crippen molar-refractivity contribution in [3.63, 3.8) is 0 Å². The van der Waals surface area contributed by atoms with Gasteiger partial charge in [0.2, 0.25) is 6.39 Å². The van der Waals surface area contributed by atoms with E-state index in [9.17, 15) is 0 Å². The number of ether oxygens (including phenoxy) is 1. The van der Waals surface area contributed by atoms with Gasteiger partial charge in [-0.3, -0.25) is 0 Å². The summed E-state index contributed by atoms with van der Waals surface area (Å²) in [6.07, 6.45) is 6.48. The van der Waals surface area contributed by atoms with E-state index in [0.717, 1.165) is 11.3 Å². The molecule has 5 heteroatoms. The molecular formula is C13H13N3O2. The van der Waals surface area contributed by atoms with Crippen LogP contribution >= 0.6 is 0 Å². The third-order valence-electron chi connectivity index (χ3n) is 2.29. The smallest absolute Gasteiger partial charge is 0.213 e. The highest BCUT2D eigenvalue weighted by Crippen LogP contribution is 2.17. The van der Waals surface area contributed by atoms with Gasteiger partial charge in [-0.1, -0.05) is 29.3 Å². The molecule has 0 radical (unpaired) electrons. The molecule has 0 aliphatic rings. The maximum absolute atomic E-state index is 5.45. The van der Waals surface area contributed by atoms with Gasteiger partial charge in [-0.15, -0.1) is 6.42 Å². The minimum Gasteiger partial charge on any atom is -0.481 e. The number of nitrogens with zero attached hydrogens (tertiary/aromatic N) is 2. The van der Waals surface area contributed by atoms with Crippen LogP contribution in [0.4, 0.5) is 0 Å². The van der Waals surface area contributed by atoms with Crippen molar-refractivity contribution in [2.75, 3.05) is 6.61 Å². The summed E-state index contributed by atoms with van der Waals surface area (Å²) in [7, 11) is 0. The molecule has 0 fully saturated rings. The van der Waals surface area contributed by atoms with Gasteiger partial charge in [0, 0.05) is 12.1 Å². The molecular weight excluding hydrogens is 230 g/mol. The summed E-state index contributed by atoms with van der Waals surface area (Å²) in [4.78, 5) is 3.92. The zero-order valence-electron chi connectivity index (χ0n) is 9.80. The first kappa shape index (κ1) is 12.1. The van der Waals surface area contributed by atoms with Crippen LogP contribution in [-0.4, -0.2) is 16.7 Å². The van der Waals surface area contributed by atoms with Crippen molar-refractivity contribution in [2.45, 2.75) is 13.1 Å². The Hall–Kier alpha value is -2.32. The second-order valence-corrected chi connectivity index (χ2v) is 3.55. The molecule has 92 valence electrons. The Morgan fingerprint density at radius 3 is 3.00 bits per heavy atom. The van der Waals surface area contributed by atoms with E-state index in [1.165, 1.54) is 6.39 Å². The molecule has 0 saturated carbocycles. The van der Waals surface area contributed by atoms with Gasteiger partial charge in [0.05, 0.1) is 6.54 Å². The number of terminal acetylenes is 1. The van der Waals surface area contributed by atoms with Crippen molar-refractivity contribution >= 4 is 0 Å². The maximum Gasteiger partial charge on any atom is 0.213 e. The predicted molar refractivity (Wildman–Crippen MR) is 65.6 cm³/mol. The SMILES string of the molecule is C#CCOc1ccccc1CNCc1ncon1. The van der Waals surface area contributed by atoms with E-state index in [1.54, 1.807) is 0 Å². The molecule has 2 rings (SSSR count). The summed E-state index contributed by atoms with van der Waals surface area (Å²) in [5.41, 5.74) is 1.04. The molecule has 0 spiro atoms. The van der Waals surface area contributed by atoms with Crippen molar-refractivity contribution < 1.29 is 9.26 Å². The topological polar surface area (TPSA) is 60.2 Å². The van der Waals surface area contributed by atoms with Crippen LogP contribution in [0.2, 0.25) is 0 Å². The quantitative estimate of drug-likeness (QED) is 0.776. The molecule has 18 heavy (non-hydrogen) atoms. The number of aromatic nitrogens is 2. The van der Waals surface area contributed by atoms with E-state index in [4.69, 9.17) is 11.2 Å². The molecule has 0 atom stereocenters. The Morgan fingerprint density at radius 2 is 2.22 bits per heavy atom. The van der Waals surface area contributed by atoms with Crippen molar-refractivity contribution in [3.8, 4) is 18.1 Å². The van der Waals surface area contributed by atoms with Crippen LogP contribution < -0.4 is 10.1 Å². The summed E-state index contributed by atoms with van der Waals surface area (Å²) < 4.78 is 10.1. The molecule has 0 amide bonds. The van der Waals surface area contributed by atoms with Gasteiger partial charge in [0.15, 0.2) is 5.82 Å². The normalized spacial score (nSPS) is 9.94. The Morgan fingerprint density at radius 1 is 1.33 bits per heavy atom. The third-order valence-corrected chi connectivity index (χ3v) is 2.29. The van der Waals surface area contributed by atoms with E-state index in [1.807, 2.05) is 24.3 Å². The van der Waals surface area contributed by atoms with E-state index < -0.39 is 0 Å². The fraction of sp³-hybridized carbons (Fsp3) is 0.231. The first-order valence-corrected chi connectivity index (χ1v) is 5.50. The first-order chi connectivity index (χ1) is 8.90. The highest BCUT2D eigenvalue weighted by Gasteiger charge is 2.03. The minimum atomic E-state index is 0.266. The third kappa shape index (κ3) is 3.34. The maximum atomic E-state index is 5.45. The largest absolute Gasteiger partial charge is 0.481 e. The second-order valence-electron chi connectivity index (χ2n) is 3.55. The number of nitrogens with one attached hydrogen (secondary N) is 1. The lowest BCUT2D eigenvalue weighted by Crippen LogP contribution is -2.14. The predicted octanol–water partition coefficient (Wildman–Crippen LogP) is 1.37. The van der Waals surface area contributed by atoms with Crippen molar-refractivity contribution in [1.29, 1.82) is 0 Å². The summed E-state index contributed by atoms with van der Waals surface area (Å²) in [6, 6.07) is 7.74. The Labute approximate surface area is 105 Å². The van der Waals surface area contributed by atoms with Crippen LogP contribution in [0.1, 0.15) is 11.4 Å². The van der Waals surface area contributed by atoms with E-state index in [2.05, 4.69) is 25.9 Å². The number of hydrogen-bond acceptors (Lipinski definition) is 5. The summed E-state index contributed by atoms with van der Waals surface area (Å²) in [5, 5.41) is 6.92. The van der Waals surface area contributed by atoms with E-state index >= 15 is 0 Å². The molecule has 2 aromatic rings. The fourth-order valence-electron chi connectivity index (χ4n) is 1.49. The number of para-hydroxylation sites is 1. The van der Waals surface area contributed by atoms with Gasteiger partial charge in [0.1, 0.15) is 12.4 Å². The summed E-state index contributed by atoms with van der Waals surface area (Å²) in [6.45, 7) is 1.46. The Balaban J connectivity index is 1.90. The van der Waals surface area contributed by atoms with Gasteiger partial charge >= 0.3 is 0 Å². The average molecular weight is 243 g/mol. The summed E-state index contributed by atoms with van der Waals surface area (Å²) in [5.74, 6) is 3.86. The number of hydrogen-bond donors (Lipinski definition) is 1. The van der Waals surface area contributed by atoms with Gasteiger partial charge < -0.3 is 14.6 Å². The Kier molecular flexibility index (Phi) is 4.33. The highest BCUT2D eigenvalue weighted by atomic mass is 16.5. The molecule has 0 aliphatic carbocycles. The van der Waals surface area contributed by atoms with Crippen LogP contribution in [0, 0.1) is 12.3 Å². The average Bonchev–Trinajstić information content (AvgIpc) is 2.91. The van der Waals surface area contributed by atoms with Gasteiger partial charge in [-0.2, -0.15) is 4.98 Å². The fourth-order valence-corrected chi connectivity index (χ4v) is 1.49. The molecule has 1 heterocycles. The van der Waals surface area contributed by atoms with Crippen LogP contribution in [0.3, 0.4) is 0 Å². The van der Waals surface area contributed by atoms with Crippen LogP contribution in [0.25, 0.3) is 0 Å². The molecule has 0 unspecified atom stereocenters. The van der Waals surface area contributed by atoms with Gasteiger partial charge in [-0.05, 0) is 6.07 Å².